The number of nitrogens with one attached hydrogen (secondary N) is 1. The van der Waals surface area contributed by atoms with E-state index in [4.69, 9.17) is 0 Å². The molecule has 23 heavy (non-hydrogen) atoms. The number of sulfone groups is 1. The number of aromatic nitrogens is 2. The number of piperidine rings is 1. The van der Waals surface area contributed by atoms with Gasteiger partial charge in [-0.25, -0.2) is 8.42 Å². The average molecular weight is 337 g/mol. The Morgan fingerprint density at radius 1 is 1.39 bits per heavy atom. The summed E-state index contributed by atoms with van der Waals surface area (Å²) >= 11 is 0. The van der Waals surface area contributed by atoms with Crippen LogP contribution >= 0.6 is 0 Å². The summed E-state index contributed by atoms with van der Waals surface area (Å²) in [6.07, 6.45) is 6.66. The average Bonchev–Trinajstić information content (AvgIpc) is 3.13. The first-order valence-electron chi connectivity index (χ1n) is 8.19. The van der Waals surface area contributed by atoms with Crippen LogP contribution in [0.4, 0.5) is 0 Å². The predicted octanol–water partition coefficient (Wildman–Crippen LogP) is 1.63. The molecule has 2 aliphatic heterocycles. The lowest BCUT2D eigenvalue weighted by molar-refractivity contribution is -0.132. The minimum Gasteiger partial charge on any atom is -0.343 e. The van der Waals surface area contributed by atoms with Crippen LogP contribution < -0.4 is 0 Å². The number of aryl methyl sites for hydroxylation is 1. The first kappa shape index (κ1) is 16.2. The van der Waals surface area contributed by atoms with Crippen LogP contribution in [0.25, 0.3) is 0 Å². The highest BCUT2D eigenvalue weighted by Gasteiger charge is 2.29. The van der Waals surface area contributed by atoms with Crippen LogP contribution in [0.1, 0.15) is 43.4 Å². The smallest absolute Gasteiger partial charge is 0.223 e. The summed E-state index contributed by atoms with van der Waals surface area (Å²) in [5.41, 5.74) is 2.47. The molecule has 1 aromatic heterocycles. The third-order valence-electron chi connectivity index (χ3n) is 4.83. The molecule has 3 rings (SSSR count). The molecule has 0 aromatic carbocycles. The molecule has 0 unspecified atom stereocenters. The van der Waals surface area contributed by atoms with E-state index >= 15 is 0 Å². The number of rotatable bonds is 4. The van der Waals surface area contributed by atoms with Gasteiger partial charge in [0.05, 0.1) is 11.9 Å². The van der Waals surface area contributed by atoms with Crippen LogP contribution in [-0.2, 0) is 21.1 Å². The van der Waals surface area contributed by atoms with E-state index in [1.807, 2.05) is 11.1 Å². The number of hydrogen-bond acceptors (Lipinski definition) is 4. The van der Waals surface area contributed by atoms with Gasteiger partial charge in [-0.15, -0.1) is 0 Å². The van der Waals surface area contributed by atoms with Gasteiger partial charge in [0.15, 0.2) is 9.84 Å². The maximum Gasteiger partial charge on any atom is 0.223 e. The fraction of sp³-hybridized carbons (Fsp3) is 0.625. The van der Waals surface area contributed by atoms with E-state index < -0.39 is 9.84 Å². The lowest BCUT2D eigenvalue weighted by Crippen LogP contribution is -2.39. The highest BCUT2D eigenvalue weighted by molar-refractivity contribution is 7.94. The van der Waals surface area contributed by atoms with Gasteiger partial charge in [-0.05, 0) is 24.8 Å². The number of hydrogen-bond donors (Lipinski definition) is 1. The Labute approximate surface area is 136 Å². The van der Waals surface area contributed by atoms with Crippen molar-refractivity contribution in [2.24, 2.45) is 5.92 Å². The molecule has 6 nitrogen and oxygen atoms in total. The molecule has 126 valence electrons. The molecule has 0 bridgehead atoms. The van der Waals surface area contributed by atoms with Gasteiger partial charge in [-0.3, -0.25) is 9.89 Å². The first-order valence-corrected chi connectivity index (χ1v) is 9.91. The maximum atomic E-state index is 12.4. The molecule has 0 aliphatic carbocycles. The number of allylic oxidation sites excluding steroid dienone is 1. The molecule has 1 amide bonds. The zero-order valence-electron chi connectivity index (χ0n) is 13.4. The molecule has 1 N–H and O–H groups in total. The summed E-state index contributed by atoms with van der Waals surface area (Å²) in [7, 11) is -3.08. The van der Waals surface area contributed by atoms with Crippen LogP contribution in [0.15, 0.2) is 17.7 Å². The number of amides is 1. The second-order valence-corrected chi connectivity index (χ2v) is 8.37. The molecule has 1 aromatic rings. The molecule has 1 atom stereocenters. The van der Waals surface area contributed by atoms with E-state index in [1.165, 1.54) is 16.7 Å². The summed E-state index contributed by atoms with van der Waals surface area (Å²) in [6, 6.07) is 0. The summed E-state index contributed by atoms with van der Waals surface area (Å²) < 4.78 is 22.8. The minimum atomic E-state index is -3.08. The Balaban J connectivity index is 1.53. The zero-order chi connectivity index (χ0) is 16.4. The topological polar surface area (TPSA) is 83.1 Å². The van der Waals surface area contributed by atoms with E-state index in [-0.39, 0.29) is 17.6 Å². The van der Waals surface area contributed by atoms with Gasteiger partial charge in [-0.2, -0.15) is 5.10 Å². The van der Waals surface area contributed by atoms with Crippen molar-refractivity contribution in [1.29, 1.82) is 0 Å². The van der Waals surface area contributed by atoms with Crippen LogP contribution in [-0.4, -0.2) is 48.3 Å². The van der Waals surface area contributed by atoms with Crippen molar-refractivity contribution < 1.29 is 13.2 Å². The van der Waals surface area contributed by atoms with E-state index in [1.54, 1.807) is 6.08 Å². The molecule has 3 heterocycles. The van der Waals surface area contributed by atoms with Gasteiger partial charge in [-0.1, -0.05) is 13.0 Å². The highest BCUT2D eigenvalue weighted by atomic mass is 32.2. The summed E-state index contributed by atoms with van der Waals surface area (Å²) in [4.78, 5) is 14.2. The quantitative estimate of drug-likeness (QED) is 0.905. The largest absolute Gasteiger partial charge is 0.343 e. The monoisotopic (exact) mass is 337 g/mol. The van der Waals surface area contributed by atoms with E-state index in [0.717, 1.165) is 32.4 Å². The number of H-pyrrole nitrogens is 1. The number of nitrogens with zero attached hydrogens (tertiary/aromatic N) is 2. The van der Waals surface area contributed by atoms with E-state index in [2.05, 4.69) is 17.1 Å². The molecule has 1 saturated heterocycles. The highest BCUT2D eigenvalue weighted by Crippen LogP contribution is 2.30. The van der Waals surface area contributed by atoms with Gasteiger partial charge < -0.3 is 4.90 Å². The van der Waals surface area contributed by atoms with Crippen molar-refractivity contribution in [2.75, 3.05) is 18.8 Å². The van der Waals surface area contributed by atoms with Gasteiger partial charge in [0, 0.05) is 42.4 Å². The van der Waals surface area contributed by atoms with Gasteiger partial charge in [0.25, 0.3) is 0 Å². The maximum absolute atomic E-state index is 12.4. The van der Waals surface area contributed by atoms with Crippen molar-refractivity contribution in [3.8, 4) is 0 Å². The minimum absolute atomic E-state index is 0.0653. The third kappa shape index (κ3) is 3.65. The summed E-state index contributed by atoms with van der Waals surface area (Å²) in [5.74, 6) is 0.409. The fourth-order valence-corrected chi connectivity index (χ4v) is 4.89. The number of aromatic amines is 1. The van der Waals surface area contributed by atoms with Crippen molar-refractivity contribution in [1.82, 2.24) is 15.1 Å². The third-order valence-corrected chi connectivity index (χ3v) is 6.29. The number of likely N-dealkylation sites (tertiary alicyclic amines) is 1. The standard InChI is InChI=1S/C16H23N3O3S/c1-2-13-10-17-18-16(13)14-3-6-19(7-4-14)15(20)9-12-5-8-23(21,22)11-12/h5,8,10,12,14H,2-4,6-7,9,11H2,1H3,(H,17,18)/t12-/m0/s1. The number of carbonyl (C=O) groups is 1. The molecular formula is C16H23N3O3S. The second kappa shape index (κ2) is 6.47. The van der Waals surface area contributed by atoms with Gasteiger partial charge in [0.1, 0.15) is 0 Å². The van der Waals surface area contributed by atoms with Crippen LogP contribution in [0, 0.1) is 5.92 Å². The SMILES string of the molecule is CCc1cn[nH]c1C1CCN(C(=O)C[C@@H]2C=CS(=O)(=O)C2)CC1. The normalized spacial score (nSPS) is 24.2. The van der Waals surface area contributed by atoms with Crippen LogP contribution in [0.5, 0.6) is 0 Å². The lowest BCUT2D eigenvalue weighted by Gasteiger charge is -2.32. The van der Waals surface area contributed by atoms with Gasteiger partial charge >= 0.3 is 0 Å². The fourth-order valence-electron chi connectivity index (χ4n) is 3.49. The van der Waals surface area contributed by atoms with E-state index in [9.17, 15) is 13.2 Å². The molecule has 1 fully saturated rings. The van der Waals surface area contributed by atoms with Crippen molar-refractivity contribution in [3.05, 3.63) is 28.9 Å². The Hall–Kier alpha value is -1.63. The van der Waals surface area contributed by atoms with E-state index in [0.29, 0.717) is 12.3 Å². The first-order chi connectivity index (χ1) is 11.0. The predicted molar refractivity (Wildman–Crippen MR) is 87.6 cm³/mol. The zero-order valence-corrected chi connectivity index (χ0v) is 14.2. The summed E-state index contributed by atoms with van der Waals surface area (Å²) in [6.45, 7) is 3.58. The van der Waals surface area contributed by atoms with Crippen molar-refractivity contribution >= 4 is 15.7 Å². The Morgan fingerprint density at radius 3 is 2.74 bits per heavy atom. The Morgan fingerprint density at radius 2 is 2.13 bits per heavy atom. The Bertz CT molecular complexity index is 700. The Kier molecular flexibility index (Phi) is 4.57. The van der Waals surface area contributed by atoms with Crippen LogP contribution in [0.2, 0.25) is 0 Å². The van der Waals surface area contributed by atoms with Gasteiger partial charge in [0.2, 0.25) is 5.91 Å². The molecule has 0 spiro atoms. The molecule has 0 saturated carbocycles. The lowest BCUT2D eigenvalue weighted by atomic mass is 9.90. The van der Waals surface area contributed by atoms with Crippen molar-refractivity contribution in [2.45, 2.75) is 38.5 Å². The molecule has 0 radical (unpaired) electrons. The van der Waals surface area contributed by atoms with Crippen LogP contribution in [0.3, 0.4) is 0 Å². The van der Waals surface area contributed by atoms with Crippen molar-refractivity contribution in [3.63, 3.8) is 0 Å². The molecule has 2 aliphatic rings. The molecular weight excluding hydrogens is 314 g/mol. The second-order valence-electron chi connectivity index (χ2n) is 6.44. The number of carbonyl (C=O) groups excluding carboxylic acids is 1. The molecule has 7 heteroatoms. The summed E-state index contributed by atoms with van der Waals surface area (Å²) in [5, 5.41) is 8.48.